The number of rotatable bonds is 8. The first kappa shape index (κ1) is 15.4. The van der Waals surface area contributed by atoms with Crippen molar-refractivity contribution < 1.29 is 14.3 Å². The summed E-state index contributed by atoms with van der Waals surface area (Å²) in [5.41, 5.74) is 0.543. The second-order valence-electron chi connectivity index (χ2n) is 3.67. The fourth-order valence-corrected chi connectivity index (χ4v) is 2.10. The molecule has 0 aliphatic rings. The van der Waals surface area contributed by atoms with E-state index in [4.69, 9.17) is 14.7 Å². The van der Waals surface area contributed by atoms with E-state index in [1.165, 1.54) is 11.8 Å². The van der Waals surface area contributed by atoms with E-state index in [9.17, 15) is 4.79 Å². The van der Waals surface area contributed by atoms with Crippen molar-refractivity contribution in [2.24, 2.45) is 0 Å². The second kappa shape index (κ2) is 9.29. The van der Waals surface area contributed by atoms with Gasteiger partial charge in [0.1, 0.15) is 11.8 Å². The van der Waals surface area contributed by atoms with Gasteiger partial charge in [0, 0.05) is 0 Å². The van der Waals surface area contributed by atoms with Crippen LogP contribution in [0.15, 0.2) is 24.3 Å². The third-order valence-corrected chi connectivity index (χ3v) is 3.24. The number of hydrogen-bond donors (Lipinski definition) is 0. The van der Waals surface area contributed by atoms with Crippen LogP contribution in [0.5, 0.6) is 5.75 Å². The van der Waals surface area contributed by atoms with Gasteiger partial charge in [0.15, 0.2) is 0 Å². The highest BCUT2D eigenvalue weighted by Gasteiger charge is 2.03. The van der Waals surface area contributed by atoms with Gasteiger partial charge in [-0.2, -0.15) is 17.0 Å². The molecule has 0 atom stereocenters. The monoisotopic (exact) mass is 279 g/mol. The lowest BCUT2D eigenvalue weighted by molar-refractivity contribution is -0.139. The fraction of sp³-hybridized carbons (Fsp3) is 0.429. The Morgan fingerprint density at radius 1 is 1.42 bits per heavy atom. The van der Waals surface area contributed by atoms with E-state index in [2.05, 4.69) is 6.07 Å². The SMILES string of the molecule is CCOC(=O)CSCCCOc1ccccc1C#N. The van der Waals surface area contributed by atoms with Crippen molar-refractivity contribution in [3.05, 3.63) is 29.8 Å². The standard InChI is InChI=1S/C14H17NO3S/c1-2-17-14(16)11-19-9-5-8-18-13-7-4-3-6-12(13)10-15/h3-4,6-7H,2,5,8-9,11H2,1H3. The Bertz CT molecular complexity index is 443. The number of carbonyl (C=O) groups is 1. The first-order chi connectivity index (χ1) is 9.27. The van der Waals surface area contributed by atoms with Crippen molar-refractivity contribution in [1.82, 2.24) is 0 Å². The highest BCUT2D eigenvalue weighted by Crippen LogP contribution is 2.16. The van der Waals surface area contributed by atoms with Crippen molar-refractivity contribution in [1.29, 1.82) is 5.26 Å². The zero-order valence-corrected chi connectivity index (χ0v) is 11.7. The summed E-state index contributed by atoms with van der Waals surface area (Å²) < 4.78 is 10.4. The predicted molar refractivity (Wildman–Crippen MR) is 75.2 cm³/mol. The van der Waals surface area contributed by atoms with Crippen LogP contribution in [0.3, 0.4) is 0 Å². The molecule has 0 fully saturated rings. The molecule has 0 aromatic heterocycles. The summed E-state index contributed by atoms with van der Waals surface area (Å²) in [5, 5.41) is 8.89. The molecule has 0 spiro atoms. The molecule has 0 saturated carbocycles. The highest BCUT2D eigenvalue weighted by molar-refractivity contribution is 7.99. The van der Waals surface area contributed by atoms with Gasteiger partial charge in [-0.05, 0) is 31.2 Å². The van der Waals surface area contributed by atoms with Crippen LogP contribution in [0, 0.1) is 11.3 Å². The molecule has 0 amide bonds. The summed E-state index contributed by atoms with van der Waals surface area (Å²) in [6.07, 6.45) is 0.823. The van der Waals surface area contributed by atoms with Crippen LogP contribution in [0.2, 0.25) is 0 Å². The zero-order chi connectivity index (χ0) is 13.9. The largest absolute Gasteiger partial charge is 0.492 e. The van der Waals surface area contributed by atoms with Crippen molar-refractivity contribution in [2.75, 3.05) is 24.7 Å². The molecule has 0 aliphatic carbocycles. The molecule has 0 heterocycles. The summed E-state index contributed by atoms with van der Waals surface area (Å²) in [7, 11) is 0. The van der Waals surface area contributed by atoms with Crippen LogP contribution in [0.25, 0.3) is 0 Å². The lowest BCUT2D eigenvalue weighted by Gasteiger charge is -2.07. The number of benzene rings is 1. The first-order valence-corrected chi connectivity index (χ1v) is 7.28. The molecule has 0 saturated heterocycles. The third-order valence-electron chi connectivity index (χ3n) is 2.22. The zero-order valence-electron chi connectivity index (χ0n) is 10.9. The van der Waals surface area contributed by atoms with Gasteiger partial charge in [-0.25, -0.2) is 0 Å². The third kappa shape index (κ3) is 6.16. The number of ether oxygens (including phenoxy) is 2. The molecule has 0 radical (unpaired) electrons. The number of nitrogens with zero attached hydrogens (tertiary/aromatic N) is 1. The van der Waals surface area contributed by atoms with Gasteiger partial charge in [-0.1, -0.05) is 12.1 Å². The Morgan fingerprint density at radius 3 is 2.95 bits per heavy atom. The smallest absolute Gasteiger partial charge is 0.315 e. The molecule has 19 heavy (non-hydrogen) atoms. The summed E-state index contributed by atoms with van der Waals surface area (Å²) in [5.74, 6) is 1.64. The highest BCUT2D eigenvalue weighted by atomic mass is 32.2. The Hall–Kier alpha value is -1.67. The molecular formula is C14H17NO3S. The number of esters is 1. The molecule has 5 heteroatoms. The van der Waals surface area contributed by atoms with Crippen molar-refractivity contribution in [3.63, 3.8) is 0 Å². The van der Waals surface area contributed by atoms with E-state index >= 15 is 0 Å². The van der Waals surface area contributed by atoms with Gasteiger partial charge in [-0.15, -0.1) is 0 Å². The second-order valence-corrected chi connectivity index (χ2v) is 4.77. The number of carbonyl (C=O) groups excluding carboxylic acids is 1. The molecular weight excluding hydrogens is 262 g/mol. The minimum atomic E-state index is -0.178. The summed E-state index contributed by atoms with van der Waals surface area (Å²) in [6, 6.07) is 9.24. The lowest BCUT2D eigenvalue weighted by Crippen LogP contribution is -2.07. The van der Waals surface area contributed by atoms with Gasteiger partial charge in [0.05, 0.1) is 24.5 Å². The van der Waals surface area contributed by atoms with E-state index in [0.717, 1.165) is 12.2 Å². The van der Waals surface area contributed by atoms with Crippen LogP contribution in [0.4, 0.5) is 0 Å². The van der Waals surface area contributed by atoms with Crippen LogP contribution in [-0.4, -0.2) is 30.7 Å². The van der Waals surface area contributed by atoms with E-state index in [1.807, 2.05) is 6.07 Å². The van der Waals surface area contributed by atoms with Gasteiger partial charge >= 0.3 is 5.97 Å². The normalized spacial score (nSPS) is 9.68. The predicted octanol–water partition coefficient (Wildman–Crippen LogP) is 2.62. The molecule has 1 rings (SSSR count). The first-order valence-electron chi connectivity index (χ1n) is 6.13. The van der Waals surface area contributed by atoms with Crippen LogP contribution in [-0.2, 0) is 9.53 Å². The topological polar surface area (TPSA) is 59.3 Å². The molecule has 1 aromatic carbocycles. The molecule has 0 unspecified atom stereocenters. The van der Waals surface area contributed by atoms with E-state index < -0.39 is 0 Å². The molecule has 0 aliphatic heterocycles. The maximum Gasteiger partial charge on any atom is 0.315 e. The Balaban J connectivity index is 2.14. The Kier molecular flexibility index (Phi) is 7.52. The molecule has 0 N–H and O–H groups in total. The van der Waals surface area contributed by atoms with E-state index in [-0.39, 0.29) is 5.97 Å². The maximum absolute atomic E-state index is 11.1. The number of thioether (sulfide) groups is 1. The van der Waals surface area contributed by atoms with Crippen molar-refractivity contribution >= 4 is 17.7 Å². The van der Waals surface area contributed by atoms with Crippen molar-refractivity contribution in [3.8, 4) is 11.8 Å². The van der Waals surface area contributed by atoms with E-state index in [1.54, 1.807) is 25.1 Å². The quantitative estimate of drug-likeness (QED) is 0.541. The molecule has 1 aromatic rings. The lowest BCUT2D eigenvalue weighted by atomic mass is 10.2. The van der Waals surface area contributed by atoms with Crippen LogP contribution >= 0.6 is 11.8 Å². The number of hydrogen-bond acceptors (Lipinski definition) is 5. The van der Waals surface area contributed by atoms with Crippen LogP contribution < -0.4 is 4.74 Å². The van der Waals surface area contributed by atoms with Gasteiger partial charge in [0.2, 0.25) is 0 Å². The fourth-order valence-electron chi connectivity index (χ4n) is 1.39. The summed E-state index contributed by atoms with van der Waals surface area (Å²) >= 11 is 1.53. The average molecular weight is 279 g/mol. The van der Waals surface area contributed by atoms with Gasteiger partial charge in [-0.3, -0.25) is 4.79 Å². The minimum absolute atomic E-state index is 0.178. The van der Waals surface area contributed by atoms with Gasteiger partial charge < -0.3 is 9.47 Å². The average Bonchev–Trinajstić information content (AvgIpc) is 2.43. The van der Waals surface area contributed by atoms with Crippen molar-refractivity contribution in [2.45, 2.75) is 13.3 Å². The molecule has 4 nitrogen and oxygen atoms in total. The Morgan fingerprint density at radius 2 is 2.21 bits per heavy atom. The van der Waals surface area contributed by atoms with Crippen LogP contribution in [0.1, 0.15) is 18.9 Å². The maximum atomic E-state index is 11.1. The van der Waals surface area contributed by atoms with Gasteiger partial charge in [0.25, 0.3) is 0 Å². The molecule has 102 valence electrons. The number of nitriles is 1. The molecule has 0 bridgehead atoms. The Labute approximate surface area is 117 Å². The van der Waals surface area contributed by atoms with E-state index in [0.29, 0.717) is 30.3 Å². The summed E-state index contributed by atoms with van der Waals surface area (Å²) in [4.78, 5) is 11.1. The number of para-hydroxylation sites is 1. The minimum Gasteiger partial charge on any atom is -0.492 e. The summed E-state index contributed by atoms with van der Waals surface area (Å²) in [6.45, 7) is 2.75.